The maximum atomic E-state index is 14.0. The number of thiophene rings is 1. The van der Waals surface area contributed by atoms with Gasteiger partial charge in [0.25, 0.3) is 5.54 Å². The van der Waals surface area contributed by atoms with Gasteiger partial charge in [0, 0.05) is 24.1 Å². The van der Waals surface area contributed by atoms with Crippen molar-refractivity contribution in [3.8, 4) is 10.4 Å². The first kappa shape index (κ1) is 21.0. The molecule has 31 heavy (non-hydrogen) atoms. The molecule has 1 saturated carbocycles. The Morgan fingerprint density at radius 1 is 1.13 bits per heavy atom. The maximum Gasteiger partial charge on any atom is 0.303 e. The predicted octanol–water partition coefficient (Wildman–Crippen LogP) is 7.04. The smallest absolute Gasteiger partial charge is 0.303 e. The highest BCUT2D eigenvalue weighted by Crippen LogP contribution is 2.53. The SMILES string of the molecule is [C-]#[N+]C1(c2ccc(-c3ccc(F)cc3C=Cc3ccc(CCCC(=O)O)cc3)s2)CC1. The van der Waals surface area contributed by atoms with Crippen molar-refractivity contribution in [1.29, 1.82) is 0 Å². The summed E-state index contributed by atoms with van der Waals surface area (Å²) in [6, 6.07) is 16.8. The Kier molecular flexibility index (Phi) is 6.01. The molecule has 0 unspecified atom stereocenters. The molecule has 0 amide bonds. The lowest BCUT2D eigenvalue weighted by atomic mass is 10.0. The van der Waals surface area contributed by atoms with Gasteiger partial charge in [-0.25, -0.2) is 11.0 Å². The Balaban J connectivity index is 1.52. The Labute approximate surface area is 185 Å². The summed E-state index contributed by atoms with van der Waals surface area (Å²) in [7, 11) is 0. The molecule has 3 nitrogen and oxygen atoms in total. The average molecular weight is 432 g/mol. The van der Waals surface area contributed by atoms with Crippen LogP contribution in [0.4, 0.5) is 4.39 Å². The first-order valence-electron chi connectivity index (χ1n) is 10.3. The van der Waals surface area contributed by atoms with Crippen molar-refractivity contribution in [3.05, 3.63) is 93.4 Å². The Bertz CT molecular complexity index is 1170. The van der Waals surface area contributed by atoms with E-state index in [1.165, 1.54) is 12.1 Å². The molecule has 0 saturated heterocycles. The van der Waals surface area contributed by atoms with E-state index in [4.69, 9.17) is 11.7 Å². The Hall–Kier alpha value is -3.23. The predicted molar refractivity (Wildman–Crippen MR) is 123 cm³/mol. The third-order valence-corrected chi connectivity index (χ3v) is 6.88. The molecule has 0 bridgehead atoms. The van der Waals surface area contributed by atoms with E-state index >= 15 is 0 Å². The molecule has 1 aromatic heterocycles. The van der Waals surface area contributed by atoms with Gasteiger partial charge in [0.05, 0.1) is 4.88 Å². The quantitative estimate of drug-likeness (QED) is 0.307. The van der Waals surface area contributed by atoms with Crippen molar-refractivity contribution in [3.63, 3.8) is 0 Å². The van der Waals surface area contributed by atoms with E-state index in [0.29, 0.717) is 6.42 Å². The van der Waals surface area contributed by atoms with Crippen LogP contribution in [0.15, 0.2) is 54.6 Å². The van der Waals surface area contributed by atoms with Gasteiger partial charge in [-0.15, -0.1) is 11.3 Å². The number of nitrogens with zero attached hydrogens (tertiary/aromatic N) is 1. The van der Waals surface area contributed by atoms with Crippen molar-refractivity contribution in [1.82, 2.24) is 0 Å². The molecule has 156 valence electrons. The molecule has 2 aromatic carbocycles. The largest absolute Gasteiger partial charge is 0.481 e. The highest BCUT2D eigenvalue weighted by atomic mass is 32.1. The number of aryl methyl sites for hydroxylation is 1. The summed E-state index contributed by atoms with van der Waals surface area (Å²) in [6.45, 7) is 7.47. The van der Waals surface area contributed by atoms with Crippen molar-refractivity contribution < 1.29 is 14.3 Å². The van der Waals surface area contributed by atoms with Gasteiger partial charge in [-0.1, -0.05) is 42.5 Å². The summed E-state index contributed by atoms with van der Waals surface area (Å²) < 4.78 is 14.0. The molecule has 3 aromatic rings. The Morgan fingerprint density at radius 3 is 2.58 bits per heavy atom. The zero-order valence-corrected chi connectivity index (χ0v) is 17.8. The average Bonchev–Trinajstić information content (AvgIpc) is 3.41. The fourth-order valence-corrected chi connectivity index (χ4v) is 4.83. The van der Waals surface area contributed by atoms with E-state index in [2.05, 4.69) is 4.85 Å². The van der Waals surface area contributed by atoms with Gasteiger partial charge in [0.2, 0.25) is 0 Å². The third-order valence-electron chi connectivity index (χ3n) is 5.57. The van der Waals surface area contributed by atoms with Gasteiger partial charge in [-0.05, 0) is 59.4 Å². The summed E-state index contributed by atoms with van der Waals surface area (Å²) in [5.41, 5.74) is 3.52. The van der Waals surface area contributed by atoms with E-state index in [0.717, 1.165) is 51.3 Å². The first-order valence-corrected chi connectivity index (χ1v) is 11.1. The molecule has 0 spiro atoms. The van der Waals surface area contributed by atoms with Gasteiger partial charge in [0.1, 0.15) is 5.82 Å². The topological polar surface area (TPSA) is 41.7 Å². The van der Waals surface area contributed by atoms with Crippen LogP contribution in [0.1, 0.15) is 47.3 Å². The number of hydrogen-bond acceptors (Lipinski definition) is 2. The zero-order chi connectivity index (χ0) is 21.8. The van der Waals surface area contributed by atoms with Crippen molar-refractivity contribution in [2.24, 2.45) is 0 Å². The van der Waals surface area contributed by atoms with Gasteiger partial charge < -0.3 is 9.95 Å². The van der Waals surface area contributed by atoms with E-state index < -0.39 is 5.97 Å². The minimum atomic E-state index is -0.773. The number of rotatable bonds is 8. The maximum absolute atomic E-state index is 14.0. The highest BCUT2D eigenvalue weighted by molar-refractivity contribution is 7.15. The zero-order valence-electron chi connectivity index (χ0n) is 17.0. The molecule has 5 heteroatoms. The fraction of sp³-hybridized carbons (Fsp3) is 0.231. The van der Waals surface area contributed by atoms with Gasteiger partial charge in [0.15, 0.2) is 0 Å². The van der Waals surface area contributed by atoms with Crippen LogP contribution in [-0.2, 0) is 16.8 Å². The molecule has 0 aliphatic heterocycles. The van der Waals surface area contributed by atoms with Crippen LogP contribution in [0.25, 0.3) is 27.4 Å². The lowest BCUT2D eigenvalue weighted by molar-refractivity contribution is -0.137. The van der Waals surface area contributed by atoms with Gasteiger partial charge in [-0.2, -0.15) is 0 Å². The summed E-state index contributed by atoms with van der Waals surface area (Å²) in [5.74, 6) is -1.06. The molecule has 1 fully saturated rings. The number of carbonyl (C=O) groups is 1. The molecular weight excluding hydrogens is 409 g/mol. The molecule has 1 aliphatic rings. The molecule has 0 radical (unpaired) electrons. The highest BCUT2D eigenvalue weighted by Gasteiger charge is 2.53. The van der Waals surface area contributed by atoms with E-state index in [1.807, 2.05) is 48.6 Å². The lowest BCUT2D eigenvalue weighted by Gasteiger charge is -2.05. The summed E-state index contributed by atoms with van der Waals surface area (Å²) >= 11 is 1.62. The molecule has 1 N–H and O–H groups in total. The van der Waals surface area contributed by atoms with Crippen LogP contribution >= 0.6 is 11.3 Å². The van der Waals surface area contributed by atoms with Gasteiger partial charge in [-0.3, -0.25) is 4.79 Å². The van der Waals surface area contributed by atoms with Crippen LogP contribution in [0.5, 0.6) is 0 Å². The fourth-order valence-electron chi connectivity index (χ4n) is 3.59. The molecular formula is C26H22FNO2S. The monoisotopic (exact) mass is 431 g/mol. The van der Waals surface area contributed by atoms with Crippen molar-refractivity contribution in [2.75, 3.05) is 0 Å². The summed E-state index contributed by atoms with van der Waals surface area (Å²) in [6.07, 6.45) is 7.23. The van der Waals surface area contributed by atoms with Crippen LogP contribution < -0.4 is 0 Å². The Morgan fingerprint density at radius 2 is 1.90 bits per heavy atom. The van der Waals surface area contributed by atoms with Crippen molar-refractivity contribution in [2.45, 2.75) is 37.6 Å². The van der Waals surface area contributed by atoms with E-state index in [9.17, 15) is 9.18 Å². The normalized spacial score (nSPS) is 14.5. The molecule has 0 atom stereocenters. The number of benzene rings is 2. The number of carboxylic acid groups (broad SMARTS) is 1. The standard InChI is InChI=1S/C26H22FNO2S/c1-28-26(15-16-26)24-14-13-23(31-24)22-12-11-21(27)17-20(22)10-9-19-7-5-18(6-8-19)3-2-4-25(29)30/h5-14,17H,2-4,15-16H2,(H,29,30). The summed E-state index contributed by atoms with van der Waals surface area (Å²) in [4.78, 5) is 16.6. The van der Waals surface area contributed by atoms with Crippen molar-refractivity contribution >= 4 is 29.5 Å². The van der Waals surface area contributed by atoms with Crippen LogP contribution in [0, 0.1) is 12.4 Å². The molecule has 1 heterocycles. The lowest BCUT2D eigenvalue weighted by Crippen LogP contribution is -1.95. The third kappa shape index (κ3) is 4.92. The number of halogens is 1. The number of hydrogen-bond donors (Lipinski definition) is 1. The minimum absolute atomic E-state index is 0.172. The second-order valence-electron chi connectivity index (χ2n) is 7.86. The first-order chi connectivity index (χ1) is 15.0. The van der Waals surface area contributed by atoms with Gasteiger partial charge >= 0.3 is 5.97 Å². The molecule has 4 rings (SSSR count). The van der Waals surface area contributed by atoms with E-state index in [-0.39, 0.29) is 17.8 Å². The van der Waals surface area contributed by atoms with Crippen LogP contribution in [-0.4, -0.2) is 11.1 Å². The van der Waals surface area contributed by atoms with Crippen LogP contribution in [0.2, 0.25) is 0 Å². The second kappa shape index (κ2) is 8.87. The second-order valence-corrected chi connectivity index (χ2v) is 8.94. The molecule has 1 aliphatic carbocycles. The number of aliphatic carboxylic acids is 1. The number of carboxylic acids is 1. The van der Waals surface area contributed by atoms with E-state index in [1.54, 1.807) is 17.4 Å². The summed E-state index contributed by atoms with van der Waals surface area (Å²) in [5, 5.41) is 8.75. The van der Waals surface area contributed by atoms with Crippen LogP contribution in [0.3, 0.4) is 0 Å². The minimum Gasteiger partial charge on any atom is -0.481 e.